The second kappa shape index (κ2) is 21.7. The topological polar surface area (TPSA) is 203 Å². The van der Waals surface area contributed by atoms with Crippen LogP contribution < -0.4 is 4.74 Å². The Morgan fingerprint density at radius 2 is 1.82 bits per heavy atom. The summed E-state index contributed by atoms with van der Waals surface area (Å²) >= 11 is 0. The molecule has 2 aliphatic carbocycles. The number of nitro benzene ring substituents is 1. The Labute approximate surface area is 351 Å². The maximum absolute atomic E-state index is 14.7. The van der Waals surface area contributed by atoms with Crippen LogP contribution in [0.15, 0.2) is 78.0 Å². The average Bonchev–Trinajstić information content (AvgIpc) is 3.26. The summed E-state index contributed by atoms with van der Waals surface area (Å²) in [5.74, 6) is -2.28. The van der Waals surface area contributed by atoms with E-state index in [2.05, 4.69) is 12.7 Å². The highest BCUT2D eigenvalue weighted by Gasteiger charge is 2.65. The van der Waals surface area contributed by atoms with Crippen LogP contribution in [-0.4, -0.2) is 113 Å². The molecule has 1 saturated carbocycles. The highest BCUT2D eigenvalue weighted by molar-refractivity contribution is 6.03. The first-order chi connectivity index (χ1) is 29.2. The molecule has 7 atom stereocenters. The fraction of sp³-hybridized carbons (Fsp3) is 0.556. The normalized spacial score (nSPS) is 26.4. The molecule has 2 aromatic rings. The predicted octanol–water partition coefficient (Wildman–Crippen LogP) is 6.01. The zero-order valence-corrected chi connectivity index (χ0v) is 34.1. The van der Waals surface area contributed by atoms with Crippen molar-refractivity contribution >= 4 is 23.4 Å². The Balaban J connectivity index is 1.54. The smallest absolute Gasteiger partial charge is 0.269 e. The minimum absolute atomic E-state index is 0.0128. The molecule has 7 unspecified atom stereocenters. The van der Waals surface area contributed by atoms with E-state index < -0.39 is 34.9 Å². The quantitative estimate of drug-likeness (QED) is 0.0354. The van der Waals surface area contributed by atoms with Gasteiger partial charge >= 0.3 is 0 Å². The van der Waals surface area contributed by atoms with E-state index >= 15 is 0 Å². The number of hydrogen-bond donors (Lipinski definition) is 4. The van der Waals surface area contributed by atoms with Gasteiger partial charge in [0.1, 0.15) is 17.5 Å². The summed E-state index contributed by atoms with van der Waals surface area (Å²) in [5, 5.41) is 56.4. The molecule has 6 rings (SSSR count). The van der Waals surface area contributed by atoms with E-state index in [4.69, 9.17) is 28.9 Å². The van der Waals surface area contributed by atoms with E-state index in [-0.39, 0.29) is 81.8 Å². The molecule has 2 heterocycles. The van der Waals surface area contributed by atoms with E-state index in [1.807, 2.05) is 0 Å². The molecule has 0 spiro atoms. The third kappa shape index (κ3) is 10.4. The number of benzene rings is 2. The maximum atomic E-state index is 14.7. The number of phenolic OH excluding ortho intramolecular Hbond substituents is 1. The molecule has 15 heteroatoms. The third-order valence-electron chi connectivity index (χ3n) is 12.0. The van der Waals surface area contributed by atoms with Gasteiger partial charge in [0, 0.05) is 62.3 Å². The predicted molar refractivity (Wildman–Crippen MR) is 223 cm³/mol. The Morgan fingerprint density at radius 1 is 1.03 bits per heavy atom. The van der Waals surface area contributed by atoms with Gasteiger partial charge in [0.05, 0.1) is 49.6 Å². The van der Waals surface area contributed by atoms with Crippen molar-refractivity contribution in [1.82, 2.24) is 4.90 Å². The third-order valence-corrected chi connectivity index (χ3v) is 12.0. The number of allylic oxidation sites excluding steroid dienone is 1. The maximum Gasteiger partial charge on any atom is 0.269 e. The number of fused-ring (bicyclic) bond motifs is 2. The standard InChI is InChI=1S/C45H59N3O12/c1-2-24-58-45-40(47(20-26-56-27-23-51)41(53)19-14-31-12-15-33(16-13-31)48(54)55)30-38(46-60-42-11-5-8-25-57-42)36-28-32(9-3-6-21-49)35(10-4-7-22-50)43(44(36)45)37-29-34(52)17-18-39(37)59-45/h2,12-19,28-29,32,35,40,42-44,49-52H,1,3-11,20-27,30H2. The molecule has 0 aromatic heterocycles. The summed E-state index contributed by atoms with van der Waals surface area (Å²) in [6, 6.07) is 10.1. The molecule has 1 saturated heterocycles. The lowest BCUT2D eigenvalue weighted by molar-refractivity contribution is -0.384. The molecule has 1 amide bonds. The summed E-state index contributed by atoms with van der Waals surface area (Å²) in [7, 11) is 0. The molecule has 2 aliphatic heterocycles. The number of carbonyl (C=O) groups is 1. The van der Waals surface area contributed by atoms with E-state index in [9.17, 15) is 35.3 Å². The van der Waals surface area contributed by atoms with Gasteiger partial charge in [0.25, 0.3) is 5.69 Å². The molecule has 4 aliphatic rings. The minimum Gasteiger partial charge on any atom is -0.508 e. The summed E-state index contributed by atoms with van der Waals surface area (Å²) in [4.78, 5) is 33.4. The van der Waals surface area contributed by atoms with Crippen LogP contribution in [0.3, 0.4) is 0 Å². The van der Waals surface area contributed by atoms with Crippen LogP contribution in [0.4, 0.5) is 5.69 Å². The highest BCUT2D eigenvalue weighted by Crippen LogP contribution is 2.62. The van der Waals surface area contributed by atoms with Crippen molar-refractivity contribution in [3.05, 3.63) is 94.1 Å². The number of non-ortho nitro benzene ring substituents is 1. The Kier molecular flexibility index (Phi) is 16.3. The first kappa shape index (κ1) is 44.9. The van der Waals surface area contributed by atoms with E-state index in [0.29, 0.717) is 42.9 Å². The lowest BCUT2D eigenvalue weighted by Gasteiger charge is -2.60. The summed E-state index contributed by atoms with van der Waals surface area (Å²) in [6.45, 7) is 4.70. The van der Waals surface area contributed by atoms with Crippen molar-refractivity contribution in [2.45, 2.75) is 88.2 Å². The van der Waals surface area contributed by atoms with Crippen LogP contribution in [0, 0.1) is 27.9 Å². The number of hydrogen-bond acceptors (Lipinski definition) is 13. The number of rotatable bonds is 22. The Morgan fingerprint density at radius 3 is 2.52 bits per heavy atom. The molecule has 0 radical (unpaired) electrons. The number of aromatic hydroxyl groups is 1. The van der Waals surface area contributed by atoms with Gasteiger partial charge in [-0.3, -0.25) is 14.9 Å². The lowest BCUT2D eigenvalue weighted by atomic mass is 9.55. The van der Waals surface area contributed by atoms with Gasteiger partial charge in [-0.2, -0.15) is 0 Å². The summed E-state index contributed by atoms with van der Waals surface area (Å²) in [5.41, 5.74) is 2.75. The van der Waals surface area contributed by atoms with Gasteiger partial charge in [0.15, 0.2) is 0 Å². The van der Waals surface area contributed by atoms with Crippen LogP contribution in [-0.2, 0) is 23.8 Å². The molecule has 2 fully saturated rings. The fourth-order valence-electron chi connectivity index (χ4n) is 9.29. The summed E-state index contributed by atoms with van der Waals surface area (Å²) in [6.07, 6.45) is 13.3. The molecule has 60 heavy (non-hydrogen) atoms. The van der Waals surface area contributed by atoms with Crippen molar-refractivity contribution in [1.29, 1.82) is 0 Å². The molecular weight excluding hydrogens is 775 g/mol. The van der Waals surface area contributed by atoms with Crippen LogP contribution in [0.2, 0.25) is 0 Å². The van der Waals surface area contributed by atoms with E-state index in [1.165, 1.54) is 18.2 Å². The molecule has 0 bridgehead atoms. The van der Waals surface area contributed by atoms with Crippen LogP contribution in [0.5, 0.6) is 11.5 Å². The molecule has 2 aromatic carbocycles. The first-order valence-electron chi connectivity index (χ1n) is 21.2. The van der Waals surface area contributed by atoms with Gasteiger partial charge in [0.2, 0.25) is 18.0 Å². The zero-order chi connectivity index (χ0) is 42.5. The number of aliphatic hydroxyl groups is 3. The summed E-state index contributed by atoms with van der Waals surface area (Å²) < 4.78 is 25.8. The van der Waals surface area contributed by atoms with Gasteiger partial charge in [-0.15, -0.1) is 6.58 Å². The minimum atomic E-state index is -1.53. The number of amides is 1. The van der Waals surface area contributed by atoms with Gasteiger partial charge < -0.3 is 49.1 Å². The van der Waals surface area contributed by atoms with Crippen LogP contribution in [0.1, 0.15) is 81.3 Å². The van der Waals surface area contributed by atoms with Crippen molar-refractivity contribution in [2.24, 2.45) is 22.9 Å². The van der Waals surface area contributed by atoms with Gasteiger partial charge in [-0.25, -0.2) is 0 Å². The Bertz CT molecular complexity index is 1840. The second-order valence-corrected chi connectivity index (χ2v) is 15.7. The average molecular weight is 834 g/mol. The van der Waals surface area contributed by atoms with Crippen molar-refractivity contribution < 1.29 is 53.9 Å². The van der Waals surface area contributed by atoms with Crippen molar-refractivity contribution in [2.75, 3.05) is 52.8 Å². The Hall–Kier alpha value is -4.64. The highest BCUT2D eigenvalue weighted by atomic mass is 16.8. The number of unbranched alkanes of at least 4 members (excludes halogenated alkanes) is 2. The van der Waals surface area contributed by atoms with E-state index in [1.54, 1.807) is 47.4 Å². The van der Waals surface area contributed by atoms with Crippen LogP contribution in [0.25, 0.3) is 6.08 Å². The SMILES string of the molecule is C=CCOC12Oc3ccc(O)cc3C3C(CCCCO)C(CCCCO)C=C(C(=NOC4CCCCO4)CC1N(CCOCCO)C(=O)C=Cc1ccc([N+](=O)[O-])cc1)C32. The monoisotopic (exact) mass is 833 g/mol. The van der Waals surface area contributed by atoms with Gasteiger partial charge in [-0.1, -0.05) is 30.1 Å². The largest absolute Gasteiger partial charge is 0.508 e. The first-order valence-corrected chi connectivity index (χ1v) is 21.2. The van der Waals surface area contributed by atoms with Crippen LogP contribution >= 0.6 is 0 Å². The zero-order valence-electron chi connectivity index (χ0n) is 34.1. The number of nitrogens with zero attached hydrogens (tertiary/aromatic N) is 3. The number of carbonyl (C=O) groups excluding carboxylic acids is 1. The lowest BCUT2D eigenvalue weighted by Crippen LogP contribution is -2.70. The fourth-order valence-corrected chi connectivity index (χ4v) is 9.29. The number of aliphatic hydroxyl groups excluding tert-OH is 3. The van der Waals surface area contributed by atoms with Crippen molar-refractivity contribution in [3.8, 4) is 11.5 Å². The number of ether oxygens (including phenoxy) is 4. The molecule has 15 nitrogen and oxygen atoms in total. The van der Waals surface area contributed by atoms with Crippen molar-refractivity contribution in [3.63, 3.8) is 0 Å². The second-order valence-electron chi connectivity index (χ2n) is 15.7. The molecular formula is C45H59N3O12. The van der Waals surface area contributed by atoms with Gasteiger partial charge in [-0.05, 0) is 97.9 Å². The number of oxime groups is 1. The molecule has 326 valence electrons. The molecule has 4 N–H and O–H groups in total. The number of phenols is 1. The van der Waals surface area contributed by atoms with E-state index in [0.717, 1.165) is 49.7 Å². The number of nitro groups is 1.